The number of carboxylic acid groups (broad SMARTS) is 1. The molecule has 6 heteroatoms. The van der Waals surface area contributed by atoms with E-state index in [0.29, 0.717) is 24.6 Å². The Balaban J connectivity index is 1.89. The molecule has 0 aliphatic carbocycles. The maximum absolute atomic E-state index is 11.0. The summed E-state index contributed by atoms with van der Waals surface area (Å²) < 4.78 is 5.16. The van der Waals surface area contributed by atoms with Crippen LogP contribution in [0.4, 0.5) is 0 Å². The van der Waals surface area contributed by atoms with Crippen LogP contribution in [-0.2, 0) is 11.3 Å². The van der Waals surface area contributed by atoms with Crippen molar-refractivity contribution >= 4 is 23.3 Å². The minimum atomic E-state index is -0.815. The Kier molecular flexibility index (Phi) is 3.63. The van der Waals surface area contributed by atoms with Crippen LogP contribution in [-0.4, -0.2) is 33.7 Å². The number of hydrogen-bond acceptors (Lipinski definition) is 3. The molecule has 0 aromatic carbocycles. The highest BCUT2D eigenvalue weighted by Gasteiger charge is 2.31. The van der Waals surface area contributed by atoms with Gasteiger partial charge in [-0.1, -0.05) is 0 Å². The van der Waals surface area contributed by atoms with Gasteiger partial charge in [-0.15, -0.1) is 0 Å². The summed E-state index contributed by atoms with van der Waals surface area (Å²) in [6.07, 6.45) is 3.10. The molecule has 1 aliphatic heterocycles. The molecule has 1 atom stereocenters. The Morgan fingerprint density at radius 2 is 2.53 bits per heavy atom. The van der Waals surface area contributed by atoms with E-state index < -0.39 is 12.0 Å². The van der Waals surface area contributed by atoms with Crippen LogP contribution in [0.1, 0.15) is 18.6 Å². The van der Waals surface area contributed by atoms with Crippen LogP contribution >= 0.6 is 12.2 Å². The smallest absolute Gasteiger partial charge is 0.326 e. The van der Waals surface area contributed by atoms with E-state index in [4.69, 9.17) is 21.7 Å². The third-order valence-electron chi connectivity index (χ3n) is 2.79. The summed E-state index contributed by atoms with van der Waals surface area (Å²) in [6.45, 7) is 1.18. The number of carbonyl (C=O) groups is 1. The average molecular weight is 254 g/mol. The van der Waals surface area contributed by atoms with Crippen LogP contribution in [0.5, 0.6) is 0 Å². The molecule has 0 spiro atoms. The number of carboxylic acids is 1. The van der Waals surface area contributed by atoms with E-state index in [1.165, 1.54) is 0 Å². The molecule has 0 unspecified atom stereocenters. The maximum Gasteiger partial charge on any atom is 0.326 e. The first-order chi connectivity index (χ1) is 8.18. The molecule has 1 aliphatic rings. The molecule has 1 fully saturated rings. The molecule has 92 valence electrons. The summed E-state index contributed by atoms with van der Waals surface area (Å²) >= 11 is 5.19. The Morgan fingerprint density at radius 1 is 1.71 bits per heavy atom. The molecule has 0 radical (unpaired) electrons. The first-order valence-electron chi connectivity index (χ1n) is 5.48. The van der Waals surface area contributed by atoms with Crippen molar-refractivity contribution in [3.05, 3.63) is 24.2 Å². The van der Waals surface area contributed by atoms with Gasteiger partial charge in [-0.3, -0.25) is 0 Å². The van der Waals surface area contributed by atoms with Crippen LogP contribution in [0.25, 0.3) is 0 Å². The molecule has 2 rings (SSSR count). The Bertz CT molecular complexity index is 405. The summed E-state index contributed by atoms with van der Waals surface area (Å²) in [6, 6.07) is 3.15. The number of aliphatic carboxylic acids is 1. The van der Waals surface area contributed by atoms with Crippen LogP contribution in [0, 0.1) is 0 Å². The van der Waals surface area contributed by atoms with Gasteiger partial charge in [0.15, 0.2) is 5.11 Å². The van der Waals surface area contributed by atoms with Gasteiger partial charge in [0.05, 0.1) is 12.8 Å². The highest BCUT2D eigenvalue weighted by atomic mass is 32.1. The predicted molar refractivity (Wildman–Crippen MR) is 65.5 cm³/mol. The van der Waals surface area contributed by atoms with Crippen molar-refractivity contribution in [2.45, 2.75) is 25.4 Å². The van der Waals surface area contributed by atoms with Gasteiger partial charge in [0, 0.05) is 6.54 Å². The number of nitrogens with zero attached hydrogens (tertiary/aromatic N) is 1. The minimum absolute atomic E-state index is 0.478. The van der Waals surface area contributed by atoms with Crippen molar-refractivity contribution in [1.29, 1.82) is 0 Å². The van der Waals surface area contributed by atoms with Crippen LogP contribution < -0.4 is 5.32 Å². The van der Waals surface area contributed by atoms with Crippen molar-refractivity contribution in [3.63, 3.8) is 0 Å². The zero-order chi connectivity index (χ0) is 12.3. The average Bonchev–Trinajstić information content (AvgIpc) is 2.96. The van der Waals surface area contributed by atoms with E-state index in [9.17, 15) is 4.79 Å². The van der Waals surface area contributed by atoms with Gasteiger partial charge in [0.1, 0.15) is 11.8 Å². The van der Waals surface area contributed by atoms with Crippen LogP contribution in [0.3, 0.4) is 0 Å². The number of likely N-dealkylation sites (tertiary alicyclic amines) is 1. The zero-order valence-electron chi connectivity index (χ0n) is 9.26. The molecule has 17 heavy (non-hydrogen) atoms. The number of thiocarbonyl (C=S) groups is 1. The monoisotopic (exact) mass is 254 g/mol. The molecular formula is C11H14N2O3S. The van der Waals surface area contributed by atoms with Crippen LogP contribution in [0.15, 0.2) is 22.8 Å². The fraction of sp³-hybridized carbons (Fsp3) is 0.455. The Morgan fingerprint density at radius 3 is 3.18 bits per heavy atom. The second-order valence-electron chi connectivity index (χ2n) is 3.93. The van der Waals surface area contributed by atoms with Gasteiger partial charge in [-0.25, -0.2) is 4.79 Å². The molecule has 1 saturated heterocycles. The standard InChI is InChI=1S/C11H14N2O3S/c14-10(15)9-4-1-5-13(9)11(17)12-7-8-3-2-6-16-8/h2-3,6,9H,1,4-5,7H2,(H,12,17)(H,14,15)/t9-/m0/s1. The molecule has 5 nitrogen and oxygen atoms in total. The van der Waals surface area contributed by atoms with E-state index in [-0.39, 0.29) is 0 Å². The van der Waals surface area contributed by atoms with Crippen molar-refractivity contribution in [2.75, 3.05) is 6.54 Å². The summed E-state index contributed by atoms with van der Waals surface area (Å²) in [7, 11) is 0. The molecule has 1 aromatic rings. The summed E-state index contributed by atoms with van der Waals surface area (Å²) in [5, 5.41) is 12.5. The summed E-state index contributed by atoms with van der Waals surface area (Å²) in [5.41, 5.74) is 0. The maximum atomic E-state index is 11.0. The SMILES string of the molecule is O=C(O)[C@@H]1CCCN1C(=S)NCc1ccco1. The molecule has 2 heterocycles. The van der Waals surface area contributed by atoms with Crippen molar-refractivity contribution in [1.82, 2.24) is 10.2 Å². The van der Waals surface area contributed by atoms with Crippen LogP contribution in [0.2, 0.25) is 0 Å². The number of rotatable bonds is 3. The topological polar surface area (TPSA) is 65.7 Å². The fourth-order valence-electron chi connectivity index (χ4n) is 1.94. The van der Waals surface area contributed by atoms with E-state index in [0.717, 1.165) is 12.2 Å². The lowest BCUT2D eigenvalue weighted by atomic mass is 10.2. The van der Waals surface area contributed by atoms with Gasteiger partial charge in [0.2, 0.25) is 0 Å². The fourth-order valence-corrected chi connectivity index (χ4v) is 2.23. The van der Waals surface area contributed by atoms with Crippen molar-refractivity contribution in [3.8, 4) is 0 Å². The van der Waals surface area contributed by atoms with E-state index in [1.54, 1.807) is 17.2 Å². The predicted octanol–water partition coefficient (Wildman–Crippen LogP) is 1.20. The first-order valence-corrected chi connectivity index (χ1v) is 5.89. The molecule has 2 N–H and O–H groups in total. The second kappa shape index (κ2) is 5.18. The van der Waals surface area contributed by atoms with Gasteiger partial charge >= 0.3 is 5.97 Å². The number of hydrogen-bond donors (Lipinski definition) is 2. The van der Waals surface area contributed by atoms with Crippen molar-refractivity contribution in [2.24, 2.45) is 0 Å². The lowest BCUT2D eigenvalue weighted by Crippen LogP contribution is -2.45. The van der Waals surface area contributed by atoms with Gasteiger partial charge in [-0.2, -0.15) is 0 Å². The van der Waals surface area contributed by atoms with E-state index in [2.05, 4.69) is 5.32 Å². The number of furan rings is 1. The molecule has 1 aromatic heterocycles. The van der Waals surface area contributed by atoms with E-state index >= 15 is 0 Å². The summed E-state index contributed by atoms with van der Waals surface area (Å²) in [5.74, 6) is -0.0388. The first kappa shape index (κ1) is 11.9. The molecule has 0 saturated carbocycles. The Hall–Kier alpha value is -1.56. The third kappa shape index (κ3) is 2.76. The molecule has 0 bridgehead atoms. The van der Waals surface area contributed by atoms with Gasteiger partial charge in [0.25, 0.3) is 0 Å². The minimum Gasteiger partial charge on any atom is -0.480 e. The number of nitrogens with one attached hydrogen (secondary N) is 1. The molecular weight excluding hydrogens is 240 g/mol. The highest BCUT2D eigenvalue weighted by molar-refractivity contribution is 7.80. The lowest BCUT2D eigenvalue weighted by molar-refractivity contribution is -0.140. The van der Waals surface area contributed by atoms with E-state index in [1.807, 2.05) is 6.07 Å². The summed E-state index contributed by atoms with van der Waals surface area (Å²) in [4.78, 5) is 12.7. The largest absolute Gasteiger partial charge is 0.480 e. The third-order valence-corrected chi connectivity index (χ3v) is 3.17. The zero-order valence-corrected chi connectivity index (χ0v) is 10.1. The Labute approximate surface area is 104 Å². The van der Waals surface area contributed by atoms with Gasteiger partial charge < -0.3 is 19.7 Å². The highest BCUT2D eigenvalue weighted by Crippen LogP contribution is 2.17. The normalized spacial score (nSPS) is 19.3. The quantitative estimate of drug-likeness (QED) is 0.790. The molecule has 0 amide bonds. The lowest BCUT2D eigenvalue weighted by Gasteiger charge is -2.24. The van der Waals surface area contributed by atoms with Gasteiger partial charge in [-0.05, 0) is 37.2 Å². The second-order valence-corrected chi connectivity index (χ2v) is 4.31. The van der Waals surface area contributed by atoms with Crippen molar-refractivity contribution < 1.29 is 14.3 Å².